The third kappa shape index (κ3) is 2.76. The average Bonchev–Trinajstić information content (AvgIpc) is 3.03. The molecule has 2 aromatic carbocycles. The number of aryl methyl sites for hydroxylation is 1. The lowest BCUT2D eigenvalue weighted by Gasteiger charge is -2.37. The second-order valence-electron chi connectivity index (χ2n) is 9.31. The molecule has 30 heavy (non-hydrogen) atoms. The maximum Gasteiger partial charge on any atom is 0.176 e. The minimum Gasteiger partial charge on any atom is -0.351 e. The molecule has 0 radical (unpaired) electrons. The first-order valence-corrected chi connectivity index (χ1v) is 10.2. The Bertz CT molecular complexity index is 1100. The van der Waals surface area contributed by atoms with Gasteiger partial charge < -0.3 is 4.90 Å². The Hall–Kier alpha value is -3.37. The second-order valence-corrected chi connectivity index (χ2v) is 9.31. The minimum atomic E-state index is -1.37. The zero-order chi connectivity index (χ0) is 21.7. The van der Waals surface area contributed by atoms with E-state index in [2.05, 4.69) is 18.2 Å². The molecule has 2 aliphatic heterocycles. The smallest absolute Gasteiger partial charge is 0.176 e. The average molecular weight is 396 g/mol. The van der Waals surface area contributed by atoms with Gasteiger partial charge in [-0.1, -0.05) is 74.9 Å². The molecule has 0 spiro atoms. The standard InChI is InChI=1S/C26H25N3O/c1-17-10-12-20-19(14-17)11-13-21-26(15-27,16-28)22(18-8-6-5-7-9-18)23(29(20)21)24(30)25(2,3)4/h5-14,21-23H,1-4H3/t21-,22+,23-/m0/s1. The first-order chi connectivity index (χ1) is 14.2. The van der Waals surface area contributed by atoms with Gasteiger partial charge in [-0.05, 0) is 30.2 Å². The number of carbonyl (C=O) groups excluding carboxylic acids is 1. The van der Waals surface area contributed by atoms with Crippen LogP contribution in [0.3, 0.4) is 0 Å². The quantitative estimate of drug-likeness (QED) is 0.717. The van der Waals surface area contributed by atoms with Crippen molar-refractivity contribution in [2.45, 2.75) is 45.7 Å². The summed E-state index contributed by atoms with van der Waals surface area (Å²) in [4.78, 5) is 15.9. The van der Waals surface area contributed by atoms with Crippen LogP contribution in [0.1, 0.15) is 43.4 Å². The van der Waals surface area contributed by atoms with E-state index in [1.165, 1.54) is 0 Å². The highest BCUT2D eigenvalue weighted by molar-refractivity contribution is 5.96. The van der Waals surface area contributed by atoms with Gasteiger partial charge in [0.2, 0.25) is 0 Å². The molecule has 2 heterocycles. The number of rotatable bonds is 2. The molecule has 4 nitrogen and oxygen atoms in total. The van der Waals surface area contributed by atoms with E-state index < -0.39 is 28.8 Å². The van der Waals surface area contributed by atoms with Crippen molar-refractivity contribution in [3.05, 3.63) is 71.3 Å². The number of ketones is 1. The van der Waals surface area contributed by atoms with E-state index in [4.69, 9.17) is 0 Å². The van der Waals surface area contributed by atoms with Crippen LogP contribution in [0.15, 0.2) is 54.6 Å². The maximum atomic E-state index is 13.8. The summed E-state index contributed by atoms with van der Waals surface area (Å²) in [6.07, 6.45) is 3.92. The van der Waals surface area contributed by atoms with Gasteiger partial charge in [0.05, 0.1) is 24.2 Å². The van der Waals surface area contributed by atoms with Crippen molar-refractivity contribution in [1.29, 1.82) is 10.5 Å². The van der Waals surface area contributed by atoms with Crippen LogP contribution in [-0.2, 0) is 4.79 Å². The number of hydrogen-bond donors (Lipinski definition) is 0. The SMILES string of the molecule is Cc1ccc2c(c1)C=C[C@@H]1N2[C@H](C(=O)C(C)(C)C)[C@@H](c2ccccc2)C1(C#N)C#N. The number of hydrogen-bond acceptors (Lipinski definition) is 4. The van der Waals surface area contributed by atoms with E-state index in [-0.39, 0.29) is 5.78 Å². The van der Waals surface area contributed by atoms with Crippen LogP contribution in [0.2, 0.25) is 0 Å². The number of Topliss-reactive ketones (excluding diaryl/α,β-unsaturated/α-hetero) is 1. The van der Waals surface area contributed by atoms with E-state index in [0.29, 0.717) is 0 Å². The van der Waals surface area contributed by atoms with Crippen LogP contribution in [0.5, 0.6) is 0 Å². The van der Waals surface area contributed by atoms with Crippen LogP contribution in [0.4, 0.5) is 5.69 Å². The third-order valence-corrected chi connectivity index (χ3v) is 6.33. The fourth-order valence-corrected chi connectivity index (χ4v) is 4.89. The summed E-state index contributed by atoms with van der Waals surface area (Å²) >= 11 is 0. The zero-order valence-corrected chi connectivity index (χ0v) is 17.8. The molecule has 0 saturated carbocycles. The van der Waals surface area contributed by atoms with E-state index in [9.17, 15) is 15.3 Å². The zero-order valence-electron chi connectivity index (χ0n) is 17.8. The fraction of sp³-hybridized carbons (Fsp3) is 0.346. The van der Waals surface area contributed by atoms with Crippen LogP contribution >= 0.6 is 0 Å². The van der Waals surface area contributed by atoms with Gasteiger partial charge in [-0.3, -0.25) is 4.79 Å². The van der Waals surface area contributed by atoms with Crippen LogP contribution in [0, 0.1) is 40.4 Å². The molecule has 1 fully saturated rings. The molecule has 0 amide bonds. The Labute approximate surface area is 178 Å². The highest BCUT2D eigenvalue weighted by atomic mass is 16.1. The van der Waals surface area contributed by atoms with Gasteiger partial charge in [0.15, 0.2) is 11.2 Å². The van der Waals surface area contributed by atoms with Crippen LogP contribution in [-0.4, -0.2) is 17.9 Å². The van der Waals surface area contributed by atoms with Crippen molar-refractivity contribution in [3.8, 4) is 12.1 Å². The molecule has 0 N–H and O–H groups in total. The summed E-state index contributed by atoms with van der Waals surface area (Å²) in [6.45, 7) is 7.74. The largest absolute Gasteiger partial charge is 0.351 e. The molecule has 150 valence electrons. The predicted octanol–water partition coefficient (Wildman–Crippen LogP) is 5.01. The molecule has 0 aromatic heterocycles. The van der Waals surface area contributed by atoms with Gasteiger partial charge in [-0.15, -0.1) is 0 Å². The van der Waals surface area contributed by atoms with Gasteiger partial charge in [-0.2, -0.15) is 10.5 Å². The molecule has 1 saturated heterocycles. The van der Waals surface area contributed by atoms with Gasteiger partial charge in [0, 0.05) is 17.0 Å². The van der Waals surface area contributed by atoms with Crippen molar-refractivity contribution >= 4 is 17.5 Å². The molecule has 0 unspecified atom stereocenters. The lowest BCUT2D eigenvalue weighted by molar-refractivity contribution is -0.127. The third-order valence-electron chi connectivity index (χ3n) is 6.33. The van der Waals surface area contributed by atoms with Gasteiger partial charge in [-0.25, -0.2) is 0 Å². The molecular weight excluding hydrogens is 370 g/mol. The summed E-state index contributed by atoms with van der Waals surface area (Å²) in [5.41, 5.74) is 1.91. The Morgan fingerprint density at radius 1 is 1.07 bits per heavy atom. The van der Waals surface area contributed by atoms with E-state index in [0.717, 1.165) is 22.4 Å². The maximum absolute atomic E-state index is 13.8. The first kappa shape index (κ1) is 19.9. The summed E-state index contributed by atoms with van der Waals surface area (Å²) in [7, 11) is 0. The number of nitrogens with zero attached hydrogens (tertiary/aromatic N) is 3. The van der Waals surface area contributed by atoms with Crippen LogP contribution < -0.4 is 4.90 Å². The molecule has 2 aromatic rings. The molecule has 3 atom stereocenters. The highest BCUT2D eigenvalue weighted by Gasteiger charge is 2.64. The van der Waals surface area contributed by atoms with Crippen molar-refractivity contribution in [3.63, 3.8) is 0 Å². The fourth-order valence-electron chi connectivity index (χ4n) is 4.89. The van der Waals surface area contributed by atoms with Crippen molar-refractivity contribution in [2.75, 3.05) is 4.90 Å². The Balaban J connectivity index is 2.03. The van der Waals surface area contributed by atoms with Gasteiger partial charge in [0.1, 0.15) is 0 Å². The minimum absolute atomic E-state index is 0.0375. The van der Waals surface area contributed by atoms with Crippen molar-refractivity contribution in [1.82, 2.24) is 0 Å². The number of carbonyl (C=O) groups is 1. The molecular formula is C26H25N3O. The first-order valence-electron chi connectivity index (χ1n) is 10.2. The molecule has 4 heteroatoms. The number of benzene rings is 2. The summed E-state index contributed by atoms with van der Waals surface area (Å²) in [6, 6.07) is 19.3. The Morgan fingerprint density at radius 3 is 2.33 bits per heavy atom. The number of anilines is 1. The lowest BCUT2D eigenvalue weighted by atomic mass is 9.68. The summed E-state index contributed by atoms with van der Waals surface area (Å²) in [5, 5.41) is 20.7. The van der Waals surface area contributed by atoms with Crippen molar-refractivity contribution in [2.24, 2.45) is 10.8 Å². The second kappa shape index (κ2) is 6.85. The van der Waals surface area contributed by atoms with E-state index in [1.807, 2.05) is 87.2 Å². The molecule has 0 bridgehead atoms. The van der Waals surface area contributed by atoms with Gasteiger partial charge >= 0.3 is 0 Å². The molecule has 2 aliphatic rings. The molecule has 4 rings (SSSR count). The Kier molecular flexibility index (Phi) is 4.55. The molecule has 0 aliphatic carbocycles. The lowest BCUT2D eigenvalue weighted by Crippen LogP contribution is -2.47. The van der Waals surface area contributed by atoms with E-state index >= 15 is 0 Å². The number of fused-ring (bicyclic) bond motifs is 3. The topological polar surface area (TPSA) is 67.9 Å². The van der Waals surface area contributed by atoms with Crippen LogP contribution in [0.25, 0.3) is 6.08 Å². The number of nitriles is 2. The normalized spacial score (nSPS) is 23.8. The van der Waals surface area contributed by atoms with Gasteiger partial charge in [0.25, 0.3) is 0 Å². The van der Waals surface area contributed by atoms with Crippen molar-refractivity contribution < 1.29 is 4.79 Å². The monoisotopic (exact) mass is 395 g/mol. The summed E-state index contributed by atoms with van der Waals surface area (Å²) in [5.74, 6) is -0.516. The Morgan fingerprint density at radius 2 is 1.73 bits per heavy atom. The predicted molar refractivity (Wildman–Crippen MR) is 118 cm³/mol. The summed E-state index contributed by atoms with van der Waals surface area (Å²) < 4.78 is 0. The van der Waals surface area contributed by atoms with E-state index in [1.54, 1.807) is 0 Å². The highest BCUT2D eigenvalue weighted by Crippen LogP contribution is 2.56.